The van der Waals surface area contributed by atoms with E-state index < -0.39 is 0 Å². The Bertz CT molecular complexity index is 390. The van der Waals surface area contributed by atoms with Crippen molar-refractivity contribution in [1.82, 2.24) is 4.90 Å². The predicted octanol–water partition coefficient (Wildman–Crippen LogP) is 3.69. The Hall–Kier alpha value is -0.540. The molecular weight excluding hydrogens is 278 g/mol. The van der Waals surface area contributed by atoms with Gasteiger partial charge in [0.2, 0.25) is 0 Å². The molecule has 1 unspecified atom stereocenters. The van der Waals surface area contributed by atoms with Crippen molar-refractivity contribution >= 4 is 15.9 Å². The maximum atomic E-state index is 5.24. The van der Waals surface area contributed by atoms with Gasteiger partial charge in [-0.05, 0) is 66.4 Å². The Morgan fingerprint density at radius 1 is 1.47 bits per heavy atom. The van der Waals surface area contributed by atoms with Crippen LogP contribution in [0.5, 0.6) is 5.75 Å². The minimum absolute atomic E-state index is 0.691. The van der Waals surface area contributed by atoms with Crippen LogP contribution in [0, 0.1) is 5.92 Å². The Morgan fingerprint density at radius 3 is 2.71 bits per heavy atom. The zero-order valence-electron chi connectivity index (χ0n) is 10.7. The topological polar surface area (TPSA) is 12.5 Å². The normalized spacial score (nSPS) is 17.2. The van der Waals surface area contributed by atoms with E-state index in [2.05, 4.69) is 46.9 Å². The van der Waals surface area contributed by atoms with E-state index in [1.807, 2.05) is 6.07 Å². The molecule has 1 aliphatic carbocycles. The van der Waals surface area contributed by atoms with Crippen molar-refractivity contribution < 1.29 is 4.74 Å². The molecule has 1 atom stereocenters. The first kappa shape index (κ1) is 12.9. The van der Waals surface area contributed by atoms with Crippen molar-refractivity contribution in [3.63, 3.8) is 0 Å². The minimum Gasteiger partial charge on any atom is -0.496 e. The maximum absolute atomic E-state index is 5.24. The van der Waals surface area contributed by atoms with Crippen molar-refractivity contribution in [1.29, 1.82) is 0 Å². The second kappa shape index (κ2) is 5.40. The van der Waals surface area contributed by atoms with Crippen molar-refractivity contribution in [2.24, 2.45) is 5.92 Å². The first-order valence-corrected chi connectivity index (χ1v) is 6.93. The molecule has 1 fully saturated rings. The molecule has 0 N–H and O–H groups in total. The molecule has 0 spiro atoms. The highest BCUT2D eigenvalue weighted by Crippen LogP contribution is 2.35. The third kappa shape index (κ3) is 3.23. The Labute approximate surface area is 112 Å². The van der Waals surface area contributed by atoms with Crippen LogP contribution < -0.4 is 4.74 Å². The number of hydrogen-bond donors (Lipinski definition) is 0. The lowest BCUT2D eigenvalue weighted by Gasteiger charge is -2.24. The average molecular weight is 298 g/mol. The summed E-state index contributed by atoms with van der Waals surface area (Å²) in [5, 5.41) is 0. The average Bonchev–Trinajstić information content (AvgIpc) is 3.12. The first-order chi connectivity index (χ1) is 8.11. The van der Waals surface area contributed by atoms with Crippen LogP contribution in [0.15, 0.2) is 22.7 Å². The van der Waals surface area contributed by atoms with Gasteiger partial charge >= 0.3 is 0 Å². The molecule has 0 saturated heterocycles. The Kier molecular flexibility index (Phi) is 4.10. The van der Waals surface area contributed by atoms with E-state index >= 15 is 0 Å². The van der Waals surface area contributed by atoms with E-state index in [-0.39, 0.29) is 0 Å². The highest BCUT2D eigenvalue weighted by Gasteiger charge is 2.30. The number of methoxy groups -OCH3 is 1. The molecular formula is C14H20BrNO. The van der Waals surface area contributed by atoms with Gasteiger partial charge in [0, 0.05) is 12.6 Å². The van der Waals surface area contributed by atoms with Crippen LogP contribution in [0.1, 0.15) is 25.3 Å². The molecule has 2 nitrogen and oxygen atoms in total. The van der Waals surface area contributed by atoms with Crippen LogP contribution in [0.3, 0.4) is 0 Å². The second-order valence-electron chi connectivity index (χ2n) is 4.96. The minimum atomic E-state index is 0.691. The van der Waals surface area contributed by atoms with E-state index in [0.29, 0.717) is 6.04 Å². The number of hydrogen-bond acceptors (Lipinski definition) is 2. The van der Waals surface area contributed by atoms with E-state index in [9.17, 15) is 0 Å². The fraction of sp³-hybridized carbons (Fsp3) is 0.571. The molecule has 2 rings (SSSR count). The zero-order valence-corrected chi connectivity index (χ0v) is 12.3. The number of nitrogens with zero attached hydrogens (tertiary/aromatic N) is 1. The summed E-state index contributed by atoms with van der Waals surface area (Å²) in [5.74, 6) is 1.81. The summed E-state index contributed by atoms with van der Waals surface area (Å²) < 4.78 is 6.27. The summed E-state index contributed by atoms with van der Waals surface area (Å²) in [4.78, 5) is 2.44. The van der Waals surface area contributed by atoms with E-state index in [4.69, 9.17) is 4.74 Å². The molecule has 1 aromatic carbocycles. The molecule has 1 aromatic rings. The lowest BCUT2D eigenvalue weighted by molar-refractivity contribution is 0.226. The van der Waals surface area contributed by atoms with Gasteiger partial charge in [-0.3, -0.25) is 4.90 Å². The smallest absolute Gasteiger partial charge is 0.133 e. The SMILES string of the molecule is COc1ccc(CN(C)C(C)C2CC2)cc1Br. The van der Waals surface area contributed by atoms with Gasteiger partial charge in [0.25, 0.3) is 0 Å². The van der Waals surface area contributed by atoms with Crippen LogP contribution in [0.2, 0.25) is 0 Å². The lowest BCUT2D eigenvalue weighted by atomic mass is 10.1. The van der Waals surface area contributed by atoms with Gasteiger partial charge in [0.15, 0.2) is 0 Å². The van der Waals surface area contributed by atoms with E-state index in [0.717, 1.165) is 22.7 Å². The molecule has 94 valence electrons. The number of benzene rings is 1. The van der Waals surface area contributed by atoms with Gasteiger partial charge in [-0.2, -0.15) is 0 Å². The molecule has 17 heavy (non-hydrogen) atoms. The van der Waals surface area contributed by atoms with Crippen molar-refractivity contribution in [2.75, 3.05) is 14.2 Å². The van der Waals surface area contributed by atoms with Crippen molar-refractivity contribution in [3.8, 4) is 5.75 Å². The summed E-state index contributed by atoms with van der Waals surface area (Å²) in [6.45, 7) is 3.33. The number of rotatable bonds is 5. The molecule has 0 heterocycles. The third-order valence-electron chi connectivity index (χ3n) is 3.65. The summed E-state index contributed by atoms with van der Waals surface area (Å²) in [6.07, 6.45) is 2.80. The van der Waals surface area contributed by atoms with Crippen LogP contribution in [0.25, 0.3) is 0 Å². The van der Waals surface area contributed by atoms with Gasteiger partial charge in [0.05, 0.1) is 11.6 Å². The monoisotopic (exact) mass is 297 g/mol. The summed E-state index contributed by atoms with van der Waals surface area (Å²) >= 11 is 3.53. The van der Waals surface area contributed by atoms with Gasteiger partial charge in [-0.15, -0.1) is 0 Å². The van der Waals surface area contributed by atoms with Crippen LogP contribution in [-0.2, 0) is 6.54 Å². The second-order valence-corrected chi connectivity index (χ2v) is 5.82. The Balaban J connectivity index is 2.00. The third-order valence-corrected chi connectivity index (χ3v) is 4.27. The summed E-state index contributed by atoms with van der Waals surface area (Å²) in [7, 11) is 3.90. The van der Waals surface area contributed by atoms with Gasteiger partial charge < -0.3 is 4.74 Å². The van der Waals surface area contributed by atoms with Gasteiger partial charge in [-0.25, -0.2) is 0 Å². The first-order valence-electron chi connectivity index (χ1n) is 6.14. The number of ether oxygens (including phenoxy) is 1. The zero-order chi connectivity index (χ0) is 12.4. The standard InChI is InChI=1S/C14H20BrNO/c1-10(12-5-6-12)16(2)9-11-4-7-14(17-3)13(15)8-11/h4,7-8,10,12H,5-6,9H2,1-3H3. The fourth-order valence-electron chi connectivity index (χ4n) is 2.18. The predicted molar refractivity (Wildman–Crippen MR) is 74.3 cm³/mol. The molecule has 0 radical (unpaired) electrons. The van der Waals surface area contributed by atoms with Gasteiger partial charge in [-0.1, -0.05) is 6.07 Å². The van der Waals surface area contributed by atoms with Gasteiger partial charge in [0.1, 0.15) is 5.75 Å². The molecule has 1 saturated carbocycles. The summed E-state index contributed by atoms with van der Waals surface area (Å²) in [5.41, 5.74) is 1.33. The van der Waals surface area contributed by atoms with E-state index in [1.54, 1.807) is 7.11 Å². The quantitative estimate of drug-likeness (QED) is 0.822. The largest absolute Gasteiger partial charge is 0.496 e. The lowest BCUT2D eigenvalue weighted by Crippen LogP contribution is -2.30. The van der Waals surface area contributed by atoms with Crippen LogP contribution in [-0.4, -0.2) is 25.1 Å². The van der Waals surface area contributed by atoms with Crippen molar-refractivity contribution in [2.45, 2.75) is 32.4 Å². The highest BCUT2D eigenvalue weighted by molar-refractivity contribution is 9.10. The molecule has 0 aromatic heterocycles. The fourth-order valence-corrected chi connectivity index (χ4v) is 2.77. The highest BCUT2D eigenvalue weighted by atomic mass is 79.9. The van der Waals surface area contributed by atoms with Crippen LogP contribution >= 0.6 is 15.9 Å². The molecule has 0 bridgehead atoms. The molecule has 3 heteroatoms. The van der Waals surface area contributed by atoms with E-state index in [1.165, 1.54) is 18.4 Å². The summed E-state index contributed by atoms with van der Waals surface area (Å²) in [6, 6.07) is 7.00. The Morgan fingerprint density at radius 2 is 2.18 bits per heavy atom. The molecule has 0 amide bonds. The number of halogens is 1. The van der Waals surface area contributed by atoms with Crippen LogP contribution in [0.4, 0.5) is 0 Å². The van der Waals surface area contributed by atoms with Crippen molar-refractivity contribution in [3.05, 3.63) is 28.2 Å². The molecule has 1 aliphatic rings. The molecule has 0 aliphatic heterocycles. The maximum Gasteiger partial charge on any atom is 0.133 e.